The first-order valence-corrected chi connectivity index (χ1v) is 4.55. The van der Waals surface area contributed by atoms with E-state index in [0.29, 0.717) is 16.2 Å². The number of benzene rings is 1. The number of nitrogens with two attached hydrogens (primary N) is 1. The maximum Gasteiger partial charge on any atom is 0.248 e. The molecule has 0 aliphatic rings. The van der Waals surface area contributed by atoms with Gasteiger partial charge in [0, 0.05) is 17.1 Å². The number of nitrogens with one attached hydrogen (secondary N) is 1. The number of pyridine rings is 1. The van der Waals surface area contributed by atoms with E-state index < -0.39 is 0 Å². The molecule has 0 radical (unpaired) electrons. The minimum atomic E-state index is -0.178. The average molecular weight is 209 g/mol. The topological polar surface area (TPSA) is 58.9 Å². The second-order valence-corrected chi connectivity index (χ2v) is 3.61. The van der Waals surface area contributed by atoms with Gasteiger partial charge in [-0.15, -0.1) is 0 Å². The summed E-state index contributed by atoms with van der Waals surface area (Å²) in [5.74, 6) is 0. The second kappa shape index (κ2) is 3.03. The molecular formula is C10H9ClN2O. The number of fused-ring (bicyclic) bond motifs is 1. The first-order valence-electron chi connectivity index (χ1n) is 4.17. The molecule has 0 unspecified atom stereocenters. The highest BCUT2D eigenvalue weighted by Gasteiger charge is 2.06. The minimum Gasteiger partial charge on any atom is -0.398 e. The van der Waals surface area contributed by atoms with Crippen LogP contribution < -0.4 is 11.3 Å². The van der Waals surface area contributed by atoms with Crippen molar-refractivity contribution in [1.82, 2.24) is 4.98 Å². The standard InChI is InChI=1S/C10H9ClN2O/c1-5-4-7(11)10-6(9(5)12)2-3-8(14)13-10/h2-4H,12H2,1H3,(H,13,14). The smallest absolute Gasteiger partial charge is 0.248 e. The molecule has 2 rings (SSSR count). The number of hydrogen-bond donors (Lipinski definition) is 2. The molecule has 4 heteroatoms. The summed E-state index contributed by atoms with van der Waals surface area (Å²) in [5, 5.41) is 1.30. The van der Waals surface area contributed by atoms with Crippen LogP contribution in [0.25, 0.3) is 10.9 Å². The maximum atomic E-state index is 11.1. The Morgan fingerprint density at radius 3 is 2.86 bits per heavy atom. The molecule has 0 bridgehead atoms. The molecule has 0 fully saturated rings. The lowest BCUT2D eigenvalue weighted by molar-refractivity contribution is 1.30. The van der Waals surface area contributed by atoms with E-state index >= 15 is 0 Å². The minimum absolute atomic E-state index is 0.178. The van der Waals surface area contributed by atoms with Gasteiger partial charge in [0.15, 0.2) is 0 Å². The third-order valence-electron chi connectivity index (χ3n) is 2.22. The highest BCUT2D eigenvalue weighted by Crippen LogP contribution is 2.28. The van der Waals surface area contributed by atoms with Gasteiger partial charge in [-0.3, -0.25) is 4.79 Å². The molecule has 1 heterocycles. The average Bonchev–Trinajstić information content (AvgIpc) is 2.14. The van der Waals surface area contributed by atoms with Crippen LogP contribution in [-0.2, 0) is 0 Å². The Balaban J connectivity index is 3.02. The van der Waals surface area contributed by atoms with Gasteiger partial charge in [0.1, 0.15) is 0 Å². The summed E-state index contributed by atoms with van der Waals surface area (Å²) in [6.07, 6.45) is 0. The summed E-state index contributed by atoms with van der Waals surface area (Å²) in [5.41, 5.74) is 7.84. The van der Waals surface area contributed by atoms with Crippen LogP contribution in [-0.4, -0.2) is 4.98 Å². The zero-order valence-corrected chi connectivity index (χ0v) is 8.35. The normalized spacial score (nSPS) is 10.7. The van der Waals surface area contributed by atoms with Crippen LogP contribution in [0.4, 0.5) is 5.69 Å². The van der Waals surface area contributed by atoms with Gasteiger partial charge < -0.3 is 10.7 Å². The summed E-state index contributed by atoms with van der Waals surface area (Å²) < 4.78 is 0. The van der Waals surface area contributed by atoms with Gasteiger partial charge in [-0.25, -0.2) is 0 Å². The summed E-state index contributed by atoms with van der Waals surface area (Å²) in [6.45, 7) is 1.88. The fourth-order valence-electron chi connectivity index (χ4n) is 1.44. The Kier molecular flexibility index (Phi) is 1.97. The Labute approximate surface area is 85.5 Å². The van der Waals surface area contributed by atoms with Crippen LogP contribution in [0.2, 0.25) is 5.02 Å². The van der Waals surface area contributed by atoms with Crippen molar-refractivity contribution in [2.24, 2.45) is 0 Å². The van der Waals surface area contributed by atoms with Crippen LogP contribution in [0.5, 0.6) is 0 Å². The van der Waals surface area contributed by atoms with Gasteiger partial charge in [-0.05, 0) is 24.6 Å². The van der Waals surface area contributed by atoms with Crippen LogP contribution in [0.15, 0.2) is 23.0 Å². The van der Waals surface area contributed by atoms with Crippen LogP contribution in [0.3, 0.4) is 0 Å². The molecule has 0 atom stereocenters. The van der Waals surface area contributed by atoms with E-state index in [1.165, 1.54) is 6.07 Å². The van der Waals surface area contributed by atoms with Crippen molar-refractivity contribution >= 4 is 28.2 Å². The number of halogens is 1. The molecule has 1 aromatic carbocycles. The molecular weight excluding hydrogens is 200 g/mol. The zero-order valence-electron chi connectivity index (χ0n) is 7.60. The van der Waals surface area contributed by atoms with Gasteiger partial charge in [0.25, 0.3) is 0 Å². The third-order valence-corrected chi connectivity index (χ3v) is 2.51. The Hall–Kier alpha value is -1.48. The fraction of sp³-hybridized carbons (Fsp3) is 0.100. The monoisotopic (exact) mass is 208 g/mol. The number of hydrogen-bond acceptors (Lipinski definition) is 2. The molecule has 3 N–H and O–H groups in total. The number of rotatable bonds is 0. The fourth-order valence-corrected chi connectivity index (χ4v) is 1.75. The maximum absolute atomic E-state index is 11.1. The van der Waals surface area contributed by atoms with E-state index in [-0.39, 0.29) is 5.56 Å². The number of aryl methyl sites for hydroxylation is 1. The predicted molar refractivity (Wildman–Crippen MR) is 58.7 cm³/mol. The summed E-state index contributed by atoms with van der Waals surface area (Å²) in [7, 11) is 0. The lowest BCUT2D eigenvalue weighted by atomic mass is 10.1. The van der Waals surface area contributed by atoms with E-state index in [9.17, 15) is 4.79 Å². The first-order chi connectivity index (χ1) is 6.59. The Bertz CT molecular complexity index is 560. The van der Waals surface area contributed by atoms with E-state index in [4.69, 9.17) is 17.3 Å². The predicted octanol–water partition coefficient (Wildman–Crippen LogP) is 2.07. The van der Waals surface area contributed by atoms with E-state index in [0.717, 1.165) is 10.9 Å². The molecule has 0 aliphatic carbocycles. The summed E-state index contributed by atoms with van der Waals surface area (Å²) >= 11 is 5.98. The van der Waals surface area contributed by atoms with E-state index in [2.05, 4.69) is 4.98 Å². The van der Waals surface area contributed by atoms with Crippen LogP contribution in [0, 0.1) is 6.92 Å². The van der Waals surface area contributed by atoms with Crippen molar-refractivity contribution in [1.29, 1.82) is 0 Å². The van der Waals surface area contributed by atoms with Gasteiger partial charge in [-0.2, -0.15) is 0 Å². The first kappa shape index (κ1) is 9.09. The molecule has 14 heavy (non-hydrogen) atoms. The number of aromatic amines is 1. The van der Waals surface area contributed by atoms with Crippen molar-refractivity contribution in [3.63, 3.8) is 0 Å². The lowest BCUT2D eigenvalue weighted by Gasteiger charge is -2.06. The van der Waals surface area contributed by atoms with Gasteiger partial charge in [0.2, 0.25) is 5.56 Å². The number of anilines is 1. The second-order valence-electron chi connectivity index (χ2n) is 3.20. The Morgan fingerprint density at radius 1 is 1.43 bits per heavy atom. The zero-order chi connectivity index (χ0) is 10.3. The lowest BCUT2D eigenvalue weighted by Crippen LogP contribution is -2.04. The molecule has 0 aliphatic heterocycles. The van der Waals surface area contributed by atoms with Crippen LogP contribution >= 0.6 is 11.6 Å². The van der Waals surface area contributed by atoms with Gasteiger partial charge >= 0.3 is 0 Å². The van der Waals surface area contributed by atoms with Gasteiger partial charge in [0.05, 0.1) is 10.5 Å². The largest absolute Gasteiger partial charge is 0.398 e. The summed E-state index contributed by atoms with van der Waals surface area (Å²) in [6, 6.07) is 4.87. The van der Waals surface area contributed by atoms with Crippen molar-refractivity contribution in [3.8, 4) is 0 Å². The van der Waals surface area contributed by atoms with Crippen molar-refractivity contribution in [2.75, 3.05) is 5.73 Å². The molecule has 0 saturated carbocycles. The van der Waals surface area contributed by atoms with Crippen LogP contribution in [0.1, 0.15) is 5.56 Å². The molecule has 1 aromatic heterocycles. The summed E-state index contributed by atoms with van der Waals surface area (Å²) in [4.78, 5) is 13.7. The van der Waals surface area contributed by atoms with Crippen molar-refractivity contribution in [3.05, 3.63) is 39.1 Å². The van der Waals surface area contributed by atoms with E-state index in [1.807, 2.05) is 6.92 Å². The Morgan fingerprint density at radius 2 is 2.14 bits per heavy atom. The molecule has 0 amide bonds. The quantitative estimate of drug-likeness (QED) is 0.652. The van der Waals surface area contributed by atoms with Gasteiger partial charge in [-0.1, -0.05) is 11.6 Å². The highest BCUT2D eigenvalue weighted by molar-refractivity contribution is 6.35. The number of nitrogen functional groups attached to an aromatic ring is 1. The van der Waals surface area contributed by atoms with Crippen molar-refractivity contribution < 1.29 is 0 Å². The van der Waals surface area contributed by atoms with E-state index in [1.54, 1.807) is 12.1 Å². The third kappa shape index (κ3) is 1.26. The highest BCUT2D eigenvalue weighted by atomic mass is 35.5. The molecule has 0 saturated heterocycles. The molecule has 2 aromatic rings. The number of H-pyrrole nitrogens is 1. The van der Waals surface area contributed by atoms with Crippen molar-refractivity contribution in [2.45, 2.75) is 6.92 Å². The SMILES string of the molecule is Cc1cc(Cl)c2[nH]c(=O)ccc2c1N. The molecule has 0 spiro atoms. The number of aromatic nitrogens is 1. The molecule has 3 nitrogen and oxygen atoms in total. The molecule has 72 valence electrons.